The number of nitrogens with one attached hydrogen (secondary N) is 3. The zero-order chi connectivity index (χ0) is 15.7. The molecule has 6 heteroatoms. The Balaban J connectivity index is 1.64. The van der Waals surface area contributed by atoms with Crippen molar-refractivity contribution in [1.82, 2.24) is 15.2 Å². The van der Waals surface area contributed by atoms with Crippen LogP contribution in [-0.2, 0) is 0 Å². The van der Waals surface area contributed by atoms with Gasteiger partial charge in [0.2, 0.25) is 0 Å². The molecule has 1 fully saturated rings. The average molecular weight is 300 g/mol. The van der Waals surface area contributed by atoms with Gasteiger partial charge in [0, 0.05) is 35.9 Å². The maximum absolute atomic E-state index is 12.2. The van der Waals surface area contributed by atoms with Gasteiger partial charge in [-0.25, -0.2) is 0 Å². The molecule has 0 atom stereocenters. The van der Waals surface area contributed by atoms with Gasteiger partial charge in [0.1, 0.15) is 5.69 Å². The number of hydrogen-bond donors (Lipinski definition) is 3. The molecule has 6 nitrogen and oxygen atoms in total. The van der Waals surface area contributed by atoms with E-state index in [-0.39, 0.29) is 11.7 Å². The summed E-state index contributed by atoms with van der Waals surface area (Å²) in [4.78, 5) is 27.0. The number of ketones is 1. The number of carbonyl (C=O) groups excluding carboxylic acids is 2. The Morgan fingerprint density at radius 3 is 2.82 bits per heavy atom. The topological polar surface area (TPSA) is 90.6 Å². The van der Waals surface area contributed by atoms with Crippen LogP contribution in [0.2, 0.25) is 0 Å². The van der Waals surface area contributed by atoms with E-state index in [9.17, 15) is 9.59 Å². The molecule has 2 aromatic rings. The van der Waals surface area contributed by atoms with Crippen LogP contribution in [0.3, 0.4) is 0 Å². The maximum atomic E-state index is 12.2. The molecule has 3 rings (SSSR count). The largest absolute Gasteiger partial charge is 0.356 e. The van der Waals surface area contributed by atoms with Crippen LogP contribution in [0.15, 0.2) is 18.3 Å². The van der Waals surface area contributed by atoms with Crippen molar-refractivity contribution in [2.24, 2.45) is 5.92 Å². The molecule has 0 radical (unpaired) electrons. The summed E-state index contributed by atoms with van der Waals surface area (Å²) in [5, 5.41) is 9.76. The Morgan fingerprint density at radius 2 is 2.14 bits per heavy atom. The summed E-state index contributed by atoms with van der Waals surface area (Å²) in [7, 11) is 0. The lowest BCUT2D eigenvalue weighted by atomic mass is 10.0. The monoisotopic (exact) mass is 300 g/mol. The minimum atomic E-state index is -0.294. The van der Waals surface area contributed by atoms with Gasteiger partial charge >= 0.3 is 0 Å². The molecule has 22 heavy (non-hydrogen) atoms. The highest BCUT2D eigenvalue weighted by Crippen LogP contribution is 2.39. The van der Waals surface area contributed by atoms with Crippen LogP contribution in [0.5, 0.6) is 0 Å². The third-order valence-corrected chi connectivity index (χ3v) is 3.70. The number of rotatable bonds is 6. The highest BCUT2D eigenvalue weighted by Gasteiger charge is 2.25. The van der Waals surface area contributed by atoms with E-state index < -0.39 is 0 Å². The molecule has 0 aromatic carbocycles. The number of Topliss-reactive ketones (excluding diaryl/α,β-unsaturated/α-hetero) is 1. The van der Waals surface area contributed by atoms with E-state index in [1.807, 2.05) is 19.9 Å². The first kappa shape index (κ1) is 14.6. The Hall–Kier alpha value is -2.37. The van der Waals surface area contributed by atoms with Gasteiger partial charge in [-0.05, 0) is 24.8 Å². The number of amides is 1. The fraction of sp³-hybridized carbons (Fsp3) is 0.438. The molecule has 0 saturated heterocycles. The predicted molar refractivity (Wildman–Crippen MR) is 83.1 cm³/mol. The van der Waals surface area contributed by atoms with E-state index in [1.165, 1.54) is 12.8 Å². The molecule has 3 N–H and O–H groups in total. The fourth-order valence-electron chi connectivity index (χ4n) is 2.36. The summed E-state index contributed by atoms with van der Waals surface area (Å²) >= 11 is 0. The van der Waals surface area contributed by atoms with Crippen molar-refractivity contribution in [3.05, 3.63) is 35.3 Å². The van der Waals surface area contributed by atoms with Gasteiger partial charge < -0.3 is 10.3 Å². The van der Waals surface area contributed by atoms with Crippen LogP contribution in [0.25, 0.3) is 0 Å². The van der Waals surface area contributed by atoms with Gasteiger partial charge in [0.15, 0.2) is 11.6 Å². The molecule has 1 amide bonds. The van der Waals surface area contributed by atoms with Crippen LogP contribution >= 0.6 is 0 Å². The van der Waals surface area contributed by atoms with Crippen molar-refractivity contribution in [2.45, 2.75) is 39.0 Å². The molecular formula is C16H20N4O2. The highest BCUT2D eigenvalue weighted by atomic mass is 16.2. The van der Waals surface area contributed by atoms with E-state index in [2.05, 4.69) is 20.5 Å². The van der Waals surface area contributed by atoms with Crippen molar-refractivity contribution in [3.63, 3.8) is 0 Å². The number of aromatic nitrogens is 3. The summed E-state index contributed by atoms with van der Waals surface area (Å²) < 4.78 is 0. The standard InChI is InChI=1S/C16H20N4O2/c1-9(2)5-14(21)11-6-13(17-8-11)16(22)18-15-7-12(19-20-15)10-3-4-10/h6-10,17H,3-5H2,1-2H3,(H2,18,19,20,22). The van der Waals surface area contributed by atoms with E-state index in [0.717, 1.165) is 5.69 Å². The lowest BCUT2D eigenvalue weighted by molar-refractivity contribution is 0.0967. The zero-order valence-electron chi connectivity index (χ0n) is 12.8. The van der Waals surface area contributed by atoms with Gasteiger partial charge in [-0.3, -0.25) is 14.7 Å². The molecule has 0 spiro atoms. The molecule has 116 valence electrons. The number of aromatic amines is 2. The minimum Gasteiger partial charge on any atom is -0.356 e. The number of carbonyl (C=O) groups is 2. The first-order chi connectivity index (χ1) is 10.5. The van der Waals surface area contributed by atoms with Gasteiger partial charge in [-0.2, -0.15) is 5.10 Å². The van der Waals surface area contributed by atoms with Gasteiger partial charge in [0.05, 0.1) is 0 Å². The second-order valence-electron chi connectivity index (χ2n) is 6.26. The second kappa shape index (κ2) is 5.79. The normalized spacial score (nSPS) is 14.3. The Morgan fingerprint density at radius 1 is 1.36 bits per heavy atom. The van der Waals surface area contributed by atoms with Crippen molar-refractivity contribution >= 4 is 17.5 Å². The van der Waals surface area contributed by atoms with Crippen LogP contribution in [0.4, 0.5) is 5.82 Å². The number of hydrogen-bond acceptors (Lipinski definition) is 3. The van der Waals surface area contributed by atoms with Crippen LogP contribution < -0.4 is 5.32 Å². The van der Waals surface area contributed by atoms with Crippen molar-refractivity contribution in [3.8, 4) is 0 Å². The summed E-state index contributed by atoms with van der Waals surface area (Å²) in [6.45, 7) is 3.99. The van der Waals surface area contributed by atoms with E-state index in [0.29, 0.717) is 35.3 Å². The fourth-order valence-corrected chi connectivity index (χ4v) is 2.36. The first-order valence-corrected chi connectivity index (χ1v) is 7.61. The number of nitrogens with zero attached hydrogens (tertiary/aromatic N) is 1. The molecular weight excluding hydrogens is 280 g/mol. The third kappa shape index (κ3) is 3.27. The van der Waals surface area contributed by atoms with Crippen LogP contribution in [0, 0.1) is 5.92 Å². The van der Waals surface area contributed by atoms with Crippen molar-refractivity contribution in [1.29, 1.82) is 0 Å². The van der Waals surface area contributed by atoms with Gasteiger partial charge in [-0.1, -0.05) is 13.8 Å². The molecule has 0 bridgehead atoms. The molecule has 1 aliphatic rings. The van der Waals surface area contributed by atoms with E-state index >= 15 is 0 Å². The Labute approximate surface area is 128 Å². The maximum Gasteiger partial charge on any atom is 0.273 e. The Kier molecular flexibility index (Phi) is 3.83. The lowest BCUT2D eigenvalue weighted by Crippen LogP contribution is -2.12. The SMILES string of the molecule is CC(C)CC(=O)c1c[nH]c(C(=O)Nc2cc(C3CC3)[nH]n2)c1. The van der Waals surface area contributed by atoms with Crippen molar-refractivity contribution in [2.75, 3.05) is 5.32 Å². The van der Waals surface area contributed by atoms with Crippen LogP contribution in [-0.4, -0.2) is 26.9 Å². The summed E-state index contributed by atoms with van der Waals surface area (Å²) in [5.74, 6) is 1.11. The molecule has 0 unspecified atom stereocenters. The smallest absolute Gasteiger partial charge is 0.273 e. The molecule has 1 aliphatic carbocycles. The predicted octanol–water partition coefficient (Wildman–Crippen LogP) is 3.10. The van der Waals surface area contributed by atoms with Gasteiger partial charge in [0.25, 0.3) is 5.91 Å². The molecule has 2 aromatic heterocycles. The number of H-pyrrole nitrogens is 2. The second-order valence-corrected chi connectivity index (χ2v) is 6.26. The first-order valence-electron chi connectivity index (χ1n) is 7.61. The number of anilines is 1. The summed E-state index contributed by atoms with van der Waals surface area (Å²) in [5.41, 5.74) is 1.97. The van der Waals surface area contributed by atoms with E-state index in [1.54, 1.807) is 12.3 Å². The van der Waals surface area contributed by atoms with Crippen LogP contribution in [0.1, 0.15) is 65.6 Å². The van der Waals surface area contributed by atoms with Crippen molar-refractivity contribution < 1.29 is 9.59 Å². The highest BCUT2D eigenvalue weighted by molar-refractivity contribution is 6.05. The van der Waals surface area contributed by atoms with Gasteiger partial charge in [-0.15, -0.1) is 0 Å². The minimum absolute atomic E-state index is 0.0427. The lowest BCUT2D eigenvalue weighted by Gasteiger charge is -2.00. The average Bonchev–Trinajstić information content (AvgIpc) is 3.01. The molecule has 0 aliphatic heterocycles. The van der Waals surface area contributed by atoms with E-state index in [4.69, 9.17) is 0 Å². The molecule has 1 saturated carbocycles. The quantitative estimate of drug-likeness (QED) is 0.716. The Bertz CT molecular complexity index is 695. The molecule has 2 heterocycles. The third-order valence-electron chi connectivity index (χ3n) is 3.70. The zero-order valence-corrected chi connectivity index (χ0v) is 12.8. The summed E-state index contributed by atoms with van der Waals surface area (Å²) in [6, 6.07) is 3.46. The summed E-state index contributed by atoms with van der Waals surface area (Å²) in [6.07, 6.45) is 4.41.